The Morgan fingerprint density at radius 1 is 1.29 bits per heavy atom. The lowest BCUT2D eigenvalue weighted by Crippen LogP contribution is -2.03. The number of aliphatic hydroxyl groups excluding tert-OH is 1. The summed E-state index contributed by atoms with van der Waals surface area (Å²) in [6.45, 7) is 1.83. The molecule has 1 N–H and O–H groups in total. The van der Waals surface area contributed by atoms with Crippen molar-refractivity contribution in [3.05, 3.63) is 33.8 Å². The smallest absolute Gasteiger partial charge is 0.0546 e. The van der Waals surface area contributed by atoms with Crippen molar-refractivity contribution in [2.75, 3.05) is 0 Å². The van der Waals surface area contributed by atoms with Gasteiger partial charge in [-0.25, -0.2) is 0 Å². The van der Waals surface area contributed by atoms with Gasteiger partial charge in [-0.15, -0.1) is 0 Å². The highest BCUT2D eigenvalue weighted by Gasteiger charge is 2.41. The Morgan fingerprint density at radius 2 is 1.86 bits per heavy atom. The van der Waals surface area contributed by atoms with E-state index in [9.17, 15) is 5.11 Å². The number of benzene rings is 1. The number of rotatable bonds is 2. The van der Waals surface area contributed by atoms with Crippen LogP contribution in [0.4, 0.5) is 0 Å². The first-order chi connectivity index (χ1) is 6.58. The molecule has 2 rings (SSSR count). The Morgan fingerprint density at radius 3 is 2.29 bits per heavy atom. The summed E-state index contributed by atoms with van der Waals surface area (Å²) in [5.41, 5.74) is 1.15. The Hall–Kier alpha value is -0.240. The highest BCUT2D eigenvalue weighted by atomic mass is 35.5. The lowest BCUT2D eigenvalue weighted by molar-refractivity contribution is 0.169. The third kappa shape index (κ3) is 2.05. The van der Waals surface area contributed by atoms with Crippen LogP contribution in [-0.4, -0.2) is 11.2 Å². The minimum Gasteiger partial charge on any atom is -0.393 e. The van der Waals surface area contributed by atoms with Gasteiger partial charge in [0.25, 0.3) is 0 Å². The summed E-state index contributed by atoms with van der Waals surface area (Å²) in [4.78, 5) is 0. The van der Waals surface area contributed by atoms with E-state index < -0.39 is 0 Å². The monoisotopic (exact) mass is 230 g/mol. The number of hydrogen-bond donors (Lipinski definition) is 1. The van der Waals surface area contributed by atoms with Gasteiger partial charge in [0, 0.05) is 10.0 Å². The van der Waals surface area contributed by atoms with Crippen molar-refractivity contribution in [2.24, 2.45) is 5.92 Å². The number of hydrogen-bond acceptors (Lipinski definition) is 1. The van der Waals surface area contributed by atoms with Gasteiger partial charge in [-0.2, -0.15) is 0 Å². The molecule has 76 valence electrons. The van der Waals surface area contributed by atoms with Gasteiger partial charge in [0.2, 0.25) is 0 Å². The maximum atomic E-state index is 9.40. The summed E-state index contributed by atoms with van der Waals surface area (Å²) < 4.78 is 0. The second-order valence-electron chi connectivity index (χ2n) is 3.95. The van der Waals surface area contributed by atoms with E-state index in [2.05, 4.69) is 0 Å². The summed E-state index contributed by atoms with van der Waals surface area (Å²) >= 11 is 11.8. The fourth-order valence-electron chi connectivity index (χ4n) is 1.92. The quantitative estimate of drug-likeness (QED) is 0.826. The molecule has 0 amide bonds. The molecule has 0 saturated heterocycles. The van der Waals surface area contributed by atoms with E-state index in [1.165, 1.54) is 0 Å². The fourth-order valence-corrected chi connectivity index (χ4v) is 2.46. The van der Waals surface area contributed by atoms with Gasteiger partial charge < -0.3 is 5.11 Å². The molecule has 3 atom stereocenters. The molecule has 1 nitrogen and oxygen atoms in total. The Bertz CT molecular complexity index is 329. The molecule has 0 aromatic heterocycles. The molecule has 1 saturated carbocycles. The highest BCUT2D eigenvalue weighted by Crippen LogP contribution is 2.50. The standard InChI is InChI=1S/C11H12Cl2O/c1-6(14)10-5-11(10)7-2-8(12)4-9(13)3-7/h2-4,6,10-11,14H,5H2,1H3/t6-,10+,11-/m0/s1. The molecule has 0 spiro atoms. The molecule has 0 aliphatic heterocycles. The minimum atomic E-state index is -0.238. The molecule has 0 bridgehead atoms. The first kappa shape index (κ1) is 10.3. The van der Waals surface area contributed by atoms with Gasteiger partial charge in [0.15, 0.2) is 0 Å². The van der Waals surface area contributed by atoms with Crippen molar-refractivity contribution in [3.63, 3.8) is 0 Å². The average Bonchev–Trinajstić information content (AvgIpc) is 2.79. The first-order valence-electron chi connectivity index (χ1n) is 4.72. The number of halogens is 2. The Balaban J connectivity index is 2.19. The third-order valence-electron chi connectivity index (χ3n) is 2.77. The molecule has 1 aromatic rings. The molecule has 1 aliphatic carbocycles. The maximum Gasteiger partial charge on any atom is 0.0546 e. The van der Waals surface area contributed by atoms with E-state index in [1.807, 2.05) is 19.1 Å². The summed E-state index contributed by atoms with van der Waals surface area (Å²) in [6, 6.07) is 5.59. The van der Waals surface area contributed by atoms with Crippen molar-refractivity contribution in [2.45, 2.75) is 25.4 Å². The average molecular weight is 231 g/mol. The molecular weight excluding hydrogens is 219 g/mol. The third-order valence-corrected chi connectivity index (χ3v) is 3.21. The van der Waals surface area contributed by atoms with E-state index >= 15 is 0 Å². The summed E-state index contributed by atoms with van der Waals surface area (Å²) in [5.74, 6) is 0.815. The minimum absolute atomic E-state index is 0.238. The predicted octanol–water partition coefficient (Wildman–Crippen LogP) is 3.48. The second-order valence-corrected chi connectivity index (χ2v) is 4.82. The summed E-state index contributed by atoms with van der Waals surface area (Å²) in [7, 11) is 0. The highest BCUT2D eigenvalue weighted by molar-refractivity contribution is 6.34. The van der Waals surface area contributed by atoms with Crippen LogP contribution < -0.4 is 0 Å². The van der Waals surface area contributed by atoms with Crippen molar-refractivity contribution >= 4 is 23.2 Å². The molecule has 0 unspecified atom stereocenters. The topological polar surface area (TPSA) is 20.2 Å². The van der Waals surface area contributed by atoms with Crippen LogP contribution >= 0.6 is 23.2 Å². The van der Waals surface area contributed by atoms with Crippen LogP contribution in [0, 0.1) is 5.92 Å². The van der Waals surface area contributed by atoms with Gasteiger partial charge in [-0.1, -0.05) is 23.2 Å². The van der Waals surface area contributed by atoms with Gasteiger partial charge in [0.05, 0.1) is 6.10 Å². The van der Waals surface area contributed by atoms with E-state index in [0.717, 1.165) is 12.0 Å². The Kier molecular flexibility index (Phi) is 2.74. The predicted molar refractivity (Wildman–Crippen MR) is 59.0 cm³/mol. The lowest BCUT2D eigenvalue weighted by atomic mass is 10.1. The Labute approximate surface area is 93.7 Å². The fraction of sp³-hybridized carbons (Fsp3) is 0.455. The van der Waals surface area contributed by atoms with Crippen LogP contribution in [0.5, 0.6) is 0 Å². The molecule has 0 heterocycles. The van der Waals surface area contributed by atoms with Crippen LogP contribution in [0.3, 0.4) is 0 Å². The SMILES string of the molecule is C[C@H](O)[C@H]1C[C@H]1c1cc(Cl)cc(Cl)c1. The molecule has 1 aromatic carbocycles. The van der Waals surface area contributed by atoms with Crippen LogP contribution in [0.15, 0.2) is 18.2 Å². The van der Waals surface area contributed by atoms with E-state index in [-0.39, 0.29) is 6.10 Å². The van der Waals surface area contributed by atoms with Crippen molar-refractivity contribution < 1.29 is 5.11 Å². The summed E-state index contributed by atoms with van der Waals surface area (Å²) in [6.07, 6.45) is 0.798. The normalized spacial score (nSPS) is 27.4. The summed E-state index contributed by atoms with van der Waals surface area (Å²) in [5, 5.41) is 10.7. The molecule has 0 radical (unpaired) electrons. The molecule has 14 heavy (non-hydrogen) atoms. The van der Waals surface area contributed by atoms with Crippen LogP contribution in [0.2, 0.25) is 10.0 Å². The van der Waals surface area contributed by atoms with Gasteiger partial charge in [-0.3, -0.25) is 0 Å². The zero-order valence-corrected chi connectivity index (χ0v) is 9.39. The first-order valence-corrected chi connectivity index (χ1v) is 5.47. The van der Waals surface area contributed by atoms with Crippen molar-refractivity contribution in [1.29, 1.82) is 0 Å². The maximum absolute atomic E-state index is 9.40. The zero-order chi connectivity index (χ0) is 10.3. The molecule has 1 aliphatic rings. The molecular formula is C11H12Cl2O. The van der Waals surface area contributed by atoms with Crippen LogP contribution in [0.1, 0.15) is 24.8 Å². The number of aliphatic hydroxyl groups is 1. The van der Waals surface area contributed by atoms with Crippen LogP contribution in [0.25, 0.3) is 0 Å². The largest absolute Gasteiger partial charge is 0.393 e. The molecule has 3 heteroatoms. The van der Waals surface area contributed by atoms with E-state index in [0.29, 0.717) is 21.9 Å². The van der Waals surface area contributed by atoms with E-state index in [1.54, 1.807) is 6.07 Å². The van der Waals surface area contributed by atoms with Crippen molar-refractivity contribution in [3.8, 4) is 0 Å². The molecule has 1 fully saturated rings. The second kappa shape index (κ2) is 3.73. The van der Waals surface area contributed by atoms with Gasteiger partial charge >= 0.3 is 0 Å². The van der Waals surface area contributed by atoms with Crippen LogP contribution in [-0.2, 0) is 0 Å². The van der Waals surface area contributed by atoms with Gasteiger partial charge in [-0.05, 0) is 48.9 Å². The zero-order valence-electron chi connectivity index (χ0n) is 7.87. The van der Waals surface area contributed by atoms with E-state index in [4.69, 9.17) is 23.2 Å². The lowest BCUT2D eigenvalue weighted by Gasteiger charge is -2.04. The van der Waals surface area contributed by atoms with Crippen molar-refractivity contribution in [1.82, 2.24) is 0 Å². The van der Waals surface area contributed by atoms with Gasteiger partial charge in [0.1, 0.15) is 0 Å².